The lowest BCUT2D eigenvalue weighted by Gasteiger charge is -2.06. The van der Waals surface area contributed by atoms with E-state index in [1.807, 2.05) is 6.92 Å². The van der Waals surface area contributed by atoms with E-state index in [-0.39, 0.29) is 23.1 Å². The lowest BCUT2D eigenvalue weighted by molar-refractivity contribution is 0.272. The fourth-order valence-corrected chi connectivity index (χ4v) is 1.94. The predicted octanol–water partition coefficient (Wildman–Crippen LogP) is 0.998. The smallest absolute Gasteiger partial charge is 0.238 e. The largest absolute Gasteiger partial charge is 0.482 e. The van der Waals surface area contributed by atoms with Crippen molar-refractivity contribution in [1.82, 2.24) is 10.1 Å². The second kappa shape index (κ2) is 5.55. The zero-order valence-electron chi connectivity index (χ0n) is 10.5. The van der Waals surface area contributed by atoms with Crippen molar-refractivity contribution in [2.45, 2.75) is 24.8 Å². The number of benzene rings is 1. The summed E-state index contributed by atoms with van der Waals surface area (Å²) in [5, 5.41) is 8.53. The van der Waals surface area contributed by atoms with Gasteiger partial charge in [-0.25, -0.2) is 17.9 Å². The summed E-state index contributed by atoms with van der Waals surface area (Å²) < 4.78 is 45.8. The molecule has 2 rings (SSSR count). The predicted molar refractivity (Wildman–Crippen MR) is 65.8 cm³/mol. The average molecular weight is 301 g/mol. The fourth-order valence-electron chi connectivity index (χ4n) is 1.41. The van der Waals surface area contributed by atoms with E-state index in [0.29, 0.717) is 12.3 Å². The highest BCUT2D eigenvalue weighted by atomic mass is 32.2. The van der Waals surface area contributed by atoms with Crippen LogP contribution in [0.4, 0.5) is 4.39 Å². The van der Waals surface area contributed by atoms with Crippen LogP contribution in [-0.4, -0.2) is 18.6 Å². The van der Waals surface area contributed by atoms with Gasteiger partial charge in [0.25, 0.3) is 0 Å². The molecule has 0 amide bonds. The molecule has 108 valence electrons. The van der Waals surface area contributed by atoms with Crippen LogP contribution in [0.15, 0.2) is 27.6 Å². The van der Waals surface area contributed by atoms with Gasteiger partial charge in [0.2, 0.25) is 21.7 Å². The van der Waals surface area contributed by atoms with E-state index < -0.39 is 15.8 Å². The van der Waals surface area contributed by atoms with E-state index in [0.717, 1.165) is 12.1 Å². The van der Waals surface area contributed by atoms with Crippen LogP contribution in [0.5, 0.6) is 5.75 Å². The van der Waals surface area contributed by atoms with E-state index in [9.17, 15) is 12.8 Å². The van der Waals surface area contributed by atoms with Crippen molar-refractivity contribution >= 4 is 10.0 Å². The van der Waals surface area contributed by atoms with Gasteiger partial charge in [-0.3, -0.25) is 0 Å². The molecule has 2 N–H and O–H groups in total. The van der Waals surface area contributed by atoms with Crippen molar-refractivity contribution in [2.24, 2.45) is 5.14 Å². The summed E-state index contributed by atoms with van der Waals surface area (Å²) in [5.74, 6) is -0.235. The van der Waals surface area contributed by atoms with Gasteiger partial charge >= 0.3 is 0 Å². The van der Waals surface area contributed by atoms with Crippen LogP contribution < -0.4 is 9.88 Å². The standard InChI is InChI=1S/C11H12FN3O4S/c1-2-11-14-10(15-19-11)6-18-9-4-3-7(5-8(9)12)20(13,16)17/h3-5H,2,6H2,1H3,(H2,13,16,17). The molecule has 0 bridgehead atoms. The lowest BCUT2D eigenvalue weighted by atomic mass is 10.3. The van der Waals surface area contributed by atoms with Crippen molar-refractivity contribution < 1.29 is 22.1 Å². The van der Waals surface area contributed by atoms with E-state index in [1.54, 1.807) is 0 Å². The molecule has 0 spiro atoms. The maximum atomic E-state index is 13.6. The van der Waals surface area contributed by atoms with Crippen molar-refractivity contribution in [3.63, 3.8) is 0 Å². The fraction of sp³-hybridized carbons (Fsp3) is 0.273. The Hall–Kier alpha value is -2.00. The van der Waals surface area contributed by atoms with Crippen LogP contribution in [0.2, 0.25) is 0 Å². The summed E-state index contributed by atoms with van der Waals surface area (Å²) in [5.41, 5.74) is 0. The molecule has 9 heteroatoms. The molecule has 0 aliphatic carbocycles. The second-order valence-corrected chi connectivity index (χ2v) is 5.45. The molecule has 0 aliphatic heterocycles. The first-order valence-electron chi connectivity index (χ1n) is 5.66. The van der Waals surface area contributed by atoms with Crippen LogP contribution in [0.25, 0.3) is 0 Å². The molecule has 0 fully saturated rings. The van der Waals surface area contributed by atoms with Crippen LogP contribution >= 0.6 is 0 Å². The van der Waals surface area contributed by atoms with Crippen molar-refractivity contribution in [3.05, 3.63) is 35.7 Å². The molecule has 0 radical (unpaired) electrons. The number of halogens is 1. The first-order chi connectivity index (χ1) is 9.40. The Morgan fingerprint density at radius 3 is 2.75 bits per heavy atom. The first-order valence-corrected chi connectivity index (χ1v) is 7.21. The molecule has 1 aromatic carbocycles. The molecular formula is C11H12FN3O4S. The summed E-state index contributed by atoms with van der Waals surface area (Å²) in [6, 6.07) is 3.12. The van der Waals surface area contributed by atoms with Gasteiger partial charge in [0.1, 0.15) is 0 Å². The van der Waals surface area contributed by atoms with Crippen LogP contribution in [0, 0.1) is 5.82 Å². The maximum absolute atomic E-state index is 13.6. The Kier molecular flexibility index (Phi) is 4.00. The Bertz CT molecular complexity index is 714. The van der Waals surface area contributed by atoms with Gasteiger partial charge in [-0.1, -0.05) is 12.1 Å². The quantitative estimate of drug-likeness (QED) is 0.882. The normalized spacial score (nSPS) is 11.6. The molecule has 7 nitrogen and oxygen atoms in total. The van der Waals surface area contributed by atoms with Gasteiger partial charge in [0, 0.05) is 6.42 Å². The van der Waals surface area contributed by atoms with E-state index in [1.165, 1.54) is 6.07 Å². The Morgan fingerprint density at radius 2 is 2.20 bits per heavy atom. The molecule has 0 saturated carbocycles. The highest BCUT2D eigenvalue weighted by Crippen LogP contribution is 2.21. The molecule has 2 aromatic rings. The zero-order chi connectivity index (χ0) is 14.8. The minimum absolute atomic E-state index is 0.0882. The third-order valence-electron chi connectivity index (χ3n) is 2.40. The molecule has 1 heterocycles. The minimum Gasteiger partial charge on any atom is -0.482 e. The van der Waals surface area contributed by atoms with Gasteiger partial charge in [0.05, 0.1) is 4.90 Å². The molecule has 0 unspecified atom stereocenters. The summed E-state index contributed by atoms with van der Waals surface area (Å²) >= 11 is 0. The summed E-state index contributed by atoms with van der Waals surface area (Å²) in [6.45, 7) is 1.76. The average Bonchev–Trinajstić information content (AvgIpc) is 2.84. The number of hydrogen-bond acceptors (Lipinski definition) is 6. The second-order valence-electron chi connectivity index (χ2n) is 3.88. The van der Waals surface area contributed by atoms with Crippen LogP contribution in [-0.2, 0) is 23.1 Å². The molecule has 0 aliphatic rings. The topological polar surface area (TPSA) is 108 Å². The Balaban J connectivity index is 2.10. The Morgan fingerprint density at radius 1 is 1.45 bits per heavy atom. The van der Waals surface area contributed by atoms with Gasteiger partial charge in [-0.15, -0.1) is 0 Å². The minimum atomic E-state index is -3.94. The molecule has 20 heavy (non-hydrogen) atoms. The molecule has 0 saturated heterocycles. The van der Waals surface area contributed by atoms with Crippen molar-refractivity contribution in [1.29, 1.82) is 0 Å². The number of primary sulfonamides is 1. The number of hydrogen-bond donors (Lipinski definition) is 1. The van der Waals surface area contributed by atoms with Crippen LogP contribution in [0.1, 0.15) is 18.6 Å². The van der Waals surface area contributed by atoms with E-state index in [2.05, 4.69) is 10.1 Å². The molecule has 1 aromatic heterocycles. The highest BCUT2D eigenvalue weighted by molar-refractivity contribution is 7.89. The number of aryl methyl sites for hydroxylation is 1. The van der Waals surface area contributed by atoms with Gasteiger partial charge in [-0.05, 0) is 18.2 Å². The van der Waals surface area contributed by atoms with Crippen LogP contribution in [0.3, 0.4) is 0 Å². The van der Waals surface area contributed by atoms with Gasteiger partial charge < -0.3 is 9.26 Å². The first kappa shape index (κ1) is 14.4. The lowest BCUT2D eigenvalue weighted by Crippen LogP contribution is -2.12. The third-order valence-corrected chi connectivity index (χ3v) is 3.31. The summed E-state index contributed by atoms with van der Waals surface area (Å²) in [7, 11) is -3.94. The number of aromatic nitrogens is 2. The van der Waals surface area contributed by atoms with E-state index in [4.69, 9.17) is 14.4 Å². The summed E-state index contributed by atoms with van der Waals surface area (Å²) in [6.07, 6.45) is 0.588. The monoisotopic (exact) mass is 301 g/mol. The number of ether oxygens (including phenoxy) is 1. The Labute approximate surface area is 114 Å². The molecular weight excluding hydrogens is 289 g/mol. The number of sulfonamides is 1. The molecule has 0 atom stereocenters. The number of rotatable bonds is 5. The van der Waals surface area contributed by atoms with Gasteiger partial charge in [-0.2, -0.15) is 4.98 Å². The number of nitrogens with zero attached hydrogens (tertiary/aromatic N) is 2. The SMILES string of the molecule is CCc1nc(COc2ccc(S(N)(=O)=O)cc2F)no1. The maximum Gasteiger partial charge on any atom is 0.238 e. The van der Waals surface area contributed by atoms with E-state index >= 15 is 0 Å². The zero-order valence-corrected chi connectivity index (χ0v) is 11.4. The van der Waals surface area contributed by atoms with Crippen molar-refractivity contribution in [3.8, 4) is 5.75 Å². The third kappa shape index (κ3) is 3.31. The number of nitrogens with two attached hydrogens (primary N) is 1. The van der Waals surface area contributed by atoms with Crippen molar-refractivity contribution in [2.75, 3.05) is 0 Å². The highest BCUT2D eigenvalue weighted by Gasteiger charge is 2.13. The summed E-state index contributed by atoms with van der Waals surface area (Å²) in [4.78, 5) is 3.67. The van der Waals surface area contributed by atoms with Gasteiger partial charge in [0.15, 0.2) is 18.2 Å².